The third-order valence-corrected chi connectivity index (χ3v) is 2.06. The SMILES string of the molecule is O=C(Nc1cncnc1)Nc1ccc(C(=O)O)nc1. The second-order valence-electron chi connectivity index (χ2n) is 3.44. The summed E-state index contributed by atoms with van der Waals surface area (Å²) in [6.45, 7) is 0. The van der Waals surface area contributed by atoms with E-state index in [1.807, 2.05) is 0 Å². The van der Waals surface area contributed by atoms with Crippen LogP contribution in [-0.4, -0.2) is 32.1 Å². The minimum atomic E-state index is -1.13. The molecule has 8 nitrogen and oxygen atoms in total. The first-order chi connectivity index (χ1) is 9.15. The van der Waals surface area contributed by atoms with Crippen LogP contribution >= 0.6 is 0 Å². The number of aromatic nitrogens is 3. The summed E-state index contributed by atoms with van der Waals surface area (Å²) in [7, 11) is 0. The summed E-state index contributed by atoms with van der Waals surface area (Å²) in [5.41, 5.74) is 0.719. The molecule has 3 N–H and O–H groups in total. The molecule has 0 aromatic carbocycles. The summed E-state index contributed by atoms with van der Waals surface area (Å²) >= 11 is 0. The van der Waals surface area contributed by atoms with Crippen molar-refractivity contribution in [3.05, 3.63) is 42.7 Å². The van der Waals surface area contributed by atoms with Crippen molar-refractivity contribution in [2.75, 3.05) is 10.6 Å². The molecule has 2 rings (SSSR count). The first kappa shape index (κ1) is 12.4. The number of urea groups is 1. The number of hydrogen-bond acceptors (Lipinski definition) is 5. The standard InChI is InChI=1S/C11H9N5O3/c17-10(18)9-2-1-7(5-14-9)15-11(19)16-8-3-12-6-13-4-8/h1-6H,(H,17,18)(H2,15,16,19). The zero-order valence-corrected chi connectivity index (χ0v) is 9.57. The van der Waals surface area contributed by atoms with Crippen molar-refractivity contribution in [2.45, 2.75) is 0 Å². The van der Waals surface area contributed by atoms with Crippen LogP contribution in [-0.2, 0) is 0 Å². The Bertz CT molecular complexity index is 585. The Morgan fingerprint density at radius 1 is 1.00 bits per heavy atom. The average Bonchev–Trinajstić information content (AvgIpc) is 2.40. The van der Waals surface area contributed by atoms with Crippen LogP contribution < -0.4 is 10.6 Å². The molecule has 0 aliphatic carbocycles. The van der Waals surface area contributed by atoms with Gasteiger partial charge in [0.05, 0.1) is 30.0 Å². The summed E-state index contributed by atoms with van der Waals surface area (Å²) in [6.07, 6.45) is 5.48. The van der Waals surface area contributed by atoms with E-state index in [0.717, 1.165) is 0 Å². The fraction of sp³-hybridized carbons (Fsp3) is 0. The van der Waals surface area contributed by atoms with Crippen LogP contribution in [0.5, 0.6) is 0 Å². The van der Waals surface area contributed by atoms with Crippen molar-refractivity contribution in [1.29, 1.82) is 0 Å². The molecular formula is C11H9N5O3. The van der Waals surface area contributed by atoms with Crippen molar-refractivity contribution in [3.8, 4) is 0 Å². The van der Waals surface area contributed by atoms with Crippen molar-refractivity contribution in [2.24, 2.45) is 0 Å². The quantitative estimate of drug-likeness (QED) is 0.762. The minimum Gasteiger partial charge on any atom is -0.477 e. The highest BCUT2D eigenvalue weighted by Gasteiger charge is 2.06. The summed E-state index contributed by atoms with van der Waals surface area (Å²) in [5, 5.41) is 13.7. The molecule has 8 heteroatoms. The lowest BCUT2D eigenvalue weighted by atomic mass is 10.3. The molecule has 96 valence electrons. The molecule has 2 amide bonds. The van der Waals surface area contributed by atoms with Gasteiger partial charge in [-0.25, -0.2) is 24.5 Å². The number of hydrogen-bond donors (Lipinski definition) is 3. The Labute approximate surface area is 107 Å². The second kappa shape index (κ2) is 5.54. The van der Waals surface area contributed by atoms with Gasteiger partial charge in [0.2, 0.25) is 0 Å². The number of anilines is 2. The van der Waals surface area contributed by atoms with E-state index >= 15 is 0 Å². The number of amides is 2. The molecule has 19 heavy (non-hydrogen) atoms. The van der Waals surface area contributed by atoms with Gasteiger partial charge in [-0.05, 0) is 12.1 Å². The van der Waals surface area contributed by atoms with Crippen LogP contribution in [0.2, 0.25) is 0 Å². The number of carbonyl (C=O) groups is 2. The topological polar surface area (TPSA) is 117 Å². The average molecular weight is 259 g/mol. The lowest BCUT2D eigenvalue weighted by molar-refractivity contribution is 0.0690. The third kappa shape index (κ3) is 3.46. The Balaban J connectivity index is 1.97. The number of carboxylic acid groups (broad SMARTS) is 1. The normalized spacial score (nSPS) is 9.68. The number of carbonyl (C=O) groups excluding carboxylic acids is 1. The van der Waals surface area contributed by atoms with E-state index in [9.17, 15) is 9.59 Å². The number of nitrogens with zero attached hydrogens (tertiary/aromatic N) is 3. The lowest BCUT2D eigenvalue weighted by Gasteiger charge is -2.06. The number of aromatic carboxylic acids is 1. The lowest BCUT2D eigenvalue weighted by Crippen LogP contribution is -2.19. The molecule has 0 saturated carbocycles. The van der Waals surface area contributed by atoms with Crippen molar-refractivity contribution < 1.29 is 14.7 Å². The predicted octanol–water partition coefficient (Wildman–Crippen LogP) is 1.21. The van der Waals surface area contributed by atoms with Gasteiger partial charge in [-0.15, -0.1) is 0 Å². The maximum Gasteiger partial charge on any atom is 0.354 e. The van der Waals surface area contributed by atoms with Crippen LogP contribution in [0.1, 0.15) is 10.5 Å². The Morgan fingerprint density at radius 2 is 1.68 bits per heavy atom. The molecule has 2 aromatic rings. The van der Waals surface area contributed by atoms with Gasteiger partial charge in [-0.1, -0.05) is 0 Å². The minimum absolute atomic E-state index is 0.0950. The molecular weight excluding hydrogens is 250 g/mol. The fourth-order valence-electron chi connectivity index (χ4n) is 1.25. The number of carboxylic acids is 1. The van der Waals surface area contributed by atoms with Crippen LogP contribution in [0.15, 0.2) is 37.1 Å². The zero-order chi connectivity index (χ0) is 13.7. The van der Waals surface area contributed by atoms with Gasteiger partial charge in [0, 0.05) is 0 Å². The molecule has 0 unspecified atom stereocenters. The van der Waals surface area contributed by atoms with Crippen LogP contribution in [0.4, 0.5) is 16.2 Å². The largest absolute Gasteiger partial charge is 0.477 e. The number of nitrogens with one attached hydrogen (secondary N) is 2. The van der Waals surface area contributed by atoms with Crippen molar-refractivity contribution in [3.63, 3.8) is 0 Å². The smallest absolute Gasteiger partial charge is 0.354 e. The molecule has 0 aliphatic heterocycles. The molecule has 0 aliphatic rings. The van der Waals surface area contributed by atoms with Gasteiger partial charge in [-0.2, -0.15) is 0 Å². The van der Waals surface area contributed by atoms with E-state index in [1.165, 1.54) is 37.1 Å². The van der Waals surface area contributed by atoms with E-state index in [4.69, 9.17) is 5.11 Å². The third-order valence-electron chi connectivity index (χ3n) is 2.06. The van der Waals surface area contributed by atoms with E-state index in [1.54, 1.807) is 0 Å². The van der Waals surface area contributed by atoms with Crippen LogP contribution in [0, 0.1) is 0 Å². The molecule has 0 spiro atoms. The van der Waals surface area contributed by atoms with Crippen LogP contribution in [0.25, 0.3) is 0 Å². The summed E-state index contributed by atoms with van der Waals surface area (Å²) in [4.78, 5) is 33.3. The fourth-order valence-corrected chi connectivity index (χ4v) is 1.25. The molecule has 2 aromatic heterocycles. The molecule has 0 atom stereocenters. The first-order valence-electron chi connectivity index (χ1n) is 5.17. The second-order valence-corrected chi connectivity index (χ2v) is 3.44. The van der Waals surface area contributed by atoms with Crippen molar-refractivity contribution in [1.82, 2.24) is 15.0 Å². The van der Waals surface area contributed by atoms with Gasteiger partial charge in [-0.3, -0.25) is 0 Å². The molecule has 0 bridgehead atoms. The highest BCUT2D eigenvalue weighted by molar-refractivity contribution is 5.99. The first-order valence-corrected chi connectivity index (χ1v) is 5.17. The van der Waals surface area contributed by atoms with Gasteiger partial charge in [0.25, 0.3) is 0 Å². The monoisotopic (exact) mass is 259 g/mol. The predicted molar refractivity (Wildman–Crippen MR) is 65.9 cm³/mol. The van der Waals surface area contributed by atoms with Gasteiger partial charge >= 0.3 is 12.0 Å². The molecule has 0 radical (unpaired) electrons. The van der Waals surface area contributed by atoms with Gasteiger partial charge in [0.15, 0.2) is 0 Å². The number of rotatable bonds is 3. The molecule has 2 heterocycles. The van der Waals surface area contributed by atoms with E-state index < -0.39 is 12.0 Å². The van der Waals surface area contributed by atoms with E-state index in [0.29, 0.717) is 11.4 Å². The number of pyridine rings is 1. The zero-order valence-electron chi connectivity index (χ0n) is 9.57. The molecule has 0 fully saturated rings. The summed E-state index contributed by atoms with van der Waals surface area (Å²) in [5.74, 6) is -1.13. The van der Waals surface area contributed by atoms with Crippen molar-refractivity contribution >= 4 is 23.4 Å². The Morgan fingerprint density at radius 3 is 2.26 bits per heavy atom. The highest BCUT2D eigenvalue weighted by Crippen LogP contribution is 2.07. The van der Waals surface area contributed by atoms with Crippen LogP contribution in [0.3, 0.4) is 0 Å². The summed E-state index contributed by atoms with van der Waals surface area (Å²) < 4.78 is 0. The maximum atomic E-state index is 11.6. The summed E-state index contributed by atoms with van der Waals surface area (Å²) in [6, 6.07) is 2.24. The van der Waals surface area contributed by atoms with Gasteiger partial charge in [0.1, 0.15) is 12.0 Å². The van der Waals surface area contributed by atoms with Gasteiger partial charge < -0.3 is 15.7 Å². The van der Waals surface area contributed by atoms with E-state index in [-0.39, 0.29) is 5.69 Å². The van der Waals surface area contributed by atoms with E-state index in [2.05, 4.69) is 25.6 Å². The molecule has 0 saturated heterocycles. The highest BCUT2D eigenvalue weighted by atomic mass is 16.4. The Hall–Kier alpha value is -3.03. The maximum absolute atomic E-state index is 11.6. The Kier molecular flexibility index (Phi) is 3.62.